The van der Waals surface area contributed by atoms with Gasteiger partial charge in [0.25, 0.3) is 0 Å². The molecule has 0 spiro atoms. The number of hydrogen-bond acceptors (Lipinski definition) is 6. The number of rotatable bonds is 9. The van der Waals surface area contributed by atoms with Gasteiger partial charge in [0.1, 0.15) is 11.9 Å². The quantitative estimate of drug-likeness (QED) is 0.303. The third-order valence-corrected chi connectivity index (χ3v) is 7.57. The van der Waals surface area contributed by atoms with Gasteiger partial charge in [-0.3, -0.25) is 9.59 Å². The number of carbonyl (C=O) groups excluding carboxylic acids is 2. The lowest BCUT2D eigenvalue weighted by Gasteiger charge is -2.28. The molecular weight excluding hydrogens is 488 g/mol. The van der Waals surface area contributed by atoms with Crippen LogP contribution in [0, 0.1) is 31.1 Å². The van der Waals surface area contributed by atoms with Gasteiger partial charge in [0.2, 0.25) is 11.8 Å². The van der Waals surface area contributed by atoms with Crippen molar-refractivity contribution in [2.24, 2.45) is 17.6 Å². The van der Waals surface area contributed by atoms with E-state index in [0.29, 0.717) is 30.3 Å². The summed E-state index contributed by atoms with van der Waals surface area (Å²) < 4.78 is 0. The van der Waals surface area contributed by atoms with Gasteiger partial charge in [-0.1, -0.05) is 36.4 Å². The molecule has 1 aliphatic carbocycles. The number of hydrogen-bond donors (Lipinski definition) is 4. The molecule has 4 rings (SSSR count). The molecule has 0 saturated heterocycles. The molecule has 2 aromatic carbocycles. The fourth-order valence-electron chi connectivity index (χ4n) is 5.11. The molecule has 1 atom stereocenters. The molecule has 2 amide bonds. The minimum atomic E-state index is -0.732. The Kier molecular flexibility index (Phi) is 9.19. The van der Waals surface area contributed by atoms with Crippen LogP contribution in [0.25, 0.3) is 11.1 Å². The number of amides is 2. The molecule has 0 bridgehead atoms. The van der Waals surface area contributed by atoms with Gasteiger partial charge < -0.3 is 21.8 Å². The second-order valence-corrected chi connectivity index (χ2v) is 10.5. The van der Waals surface area contributed by atoms with Crippen molar-refractivity contribution in [1.29, 1.82) is 5.41 Å². The molecule has 1 saturated carbocycles. The predicted octanol–water partition coefficient (Wildman–Crippen LogP) is 4.58. The Morgan fingerprint density at radius 3 is 2.28 bits per heavy atom. The topological polar surface area (TPSA) is 134 Å². The molecule has 1 fully saturated rings. The highest BCUT2D eigenvalue weighted by Crippen LogP contribution is 2.28. The van der Waals surface area contributed by atoms with Crippen LogP contribution in [0.4, 0.5) is 5.69 Å². The van der Waals surface area contributed by atoms with Gasteiger partial charge in [-0.15, -0.1) is 0 Å². The number of aryl methyl sites for hydroxylation is 2. The van der Waals surface area contributed by atoms with Crippen LogP contribution in [-0.2, 0) is 16.0 Å². The lowest BCUT2D eigenvalue weighted by Crippen LogP contribution is -2.48. The smallest absolute Gasteiger partial charge is 0.247 e. The standard InChI is InChI=1S/C31H38N6O2/c1-19(33)24-12-14-27(15-13-24)36-31(39)29(37-30(38)26-10-6-23(17-32)7-11-26)16-22-4-8-25(9-5-22)28-18-34-21(3)35-20(28)2/h4-5,8-9,12-15,18,23,26,29,33H,6-7,10-11,16-17,32H2,1-3H3,(H,36,39)(H,37,38)/t23?,26?,29-/m0/s1. The highest BCUT2D eigenvalue weighted by Gasteiger charge is 2.29. The molecule has 8 nitrogen and oxygen atoms in total. The Bertz CT molecular complexity index is 1310. The lowest BCUT2D eigenvalue weighted by atomic mass is 9.81. The monoisotopic (exact) mass is 526 g/mol. The highest BCUT2D eigenvalue weighted by molar-refractivity contribution is 5.99. The summed E-state index contributed by atoms with van der Waals surface area (Å²) in [5.74, 6) is 0.748. The molecule has 8 heteroatoms. The van der Waals surface area contributed by atoms with Gasteiger partial charge in [-0.05, 0) is 87.7 Å². The number of carbonyl (C=O) groups is 2. The normalized spacial score (nSPS) is 17.7. The zero-order chi connectivity index (χ0) is 27.9. The summed E-state index contributed by atoms with van der Waals surface area (Å²) in [5.41, 5.74) is 11.5. The molecule has 0 radical (unpaired) electrons. The maximum absolute atomic E-state index is 13.4. The second kappa shape index (κ2) is 12.8. The van der Waals surface area contributed by atoms with Crippen molar-refractivity contribution >= 4 is 23.2 Å². The SMILES string of the molecule is CC(=N)c1ccc(NC(=O)[C@H](Cc2ccc(-c3cnc(C)nc3C)cc2)NC(=O)C2CCC(CN)CC2)cc1. The van der Waals surface area contributed by atoms with Crippen LogP contribution >= 0.6 is 0 Å². The number of nitrogens with one attached hydrogen (secondary N) is 3. The highest BCUT2D eigenvalue weighted by atomic mass is 16.2. The van der Waals surface area contributed by atoms with E-state index in [4.69, 9.17) is 11.1 Å². The Morgan fingerprint density at radius 1 is 1.03 bits per heavy atom. The molecule has 0 aliphatic heterocycles. The first-order valence-corrected chi connectivity index (χ1v) is 13.6. The van der Waals surface area contributed by atoms with Crippen molar-refractivity contribution in [3.8, 4) is 11.1 Å². The summed E-state index contributed by atoms with van der Waals surface area (Å²) in [5, 5.41) is 13.8. The van der Waals surface area contributed by atoms with E-state index in [1.54, 1.807) is 31.2 Å². The average molecular weight is 527 g/mol. The molecule has 1 heterocycles. The van der Waals surface area contributed by atoms with Crippen LogP contribution in [0.5, 0.6) is 0 Å². The lowest BCUT2D eigenvalue weighted by molar-refractivity contribution is -0.130. The van der Waals surface area contributed by atoms with Gasteiger partial charge in [0, 0.05) is 41.2 Å². The molecule has 39 heavy (non-hydrogen) atoms. The summed E-state index contributed by atoms with van der Waals surface area (Å²) in [6.45, 7) is 6.20. The van der Waals surface area contributed by atoms with E-state index in [1.807, 2.05) is 44.3 Å². The van der Waals surface area contributed by atoms with Gasteiger partial charge in [0.05, 0.1) is 0 Å². The summed E-state index contributed by atoms with van der Waals surface area (Å²) in [4.78, 5) is 35.4. The first-order valence-electron chi connectivity index (χ1n) is 13.6. The largest absolute Gasteiger partial charge is 0.344 e. The third-order valence-electron chi connectivity index (χ3n) is 7.57. The number of benzene rings is 2. The van der Waals surface area contributed by atoms with Gasteiger partial charge >= 0.3 is 0 Å². The number of nitrogens with two attached hydrogens (primary N) is 1. The van der Waals surface area contributed by atoms with Crippen molar-refractivity contribution in [3.63, 3.8) is 0 Å². The zero-order valence-electron chi connectivity index (χ0n) is 23.0. The molecule has 3 aromatic rings. The number of aromatic nitrogens is 2. The van der Waals surface area contributed by atoms with Gasteiger partial charge in [0.15, 0.2) is 0 Å². The fourth-order valence-corrected chi connectivity index (χ4v) is 5.11. The molecule has 5 N–H and O–H groups in total. The maximum Gasteiger partial charge on any atom is 0.247 e. The molecule has 1 aliphatic rings. The van der Waals surface area contributed by atoms with E-state index >= 15 is 0 Å². The third kappa shape index (κ3) is 7.35. The van der Waals surface area contributed by atoms with Crippen LogP contribution in [0.15, 0.2) is 54.7 Å². The Balaban J connectivity index is 1.50. The minimum Gasteiger partial charge on any atom is -0.344 e. The summed E-state index contributed by atoms with van der Waals surface area (Å²) >= 11 is 0. The Morgan fingerprint density at radius 2 is 1.69 bits per heavy atom. The Hall–Kier alpha value is -3.91. The second-order valence-electron chi connectivity index (χ2n) is 10.5. The van der Waals surface area contributed by atoms with E-state index in [9.17, 15) is 9.59 Å². The minimum absolute atomic E-state index is 0.0792. The van der Waals surface area contributed by atoms with Crippen molar-refractivity contribution < 1.29 is 9.59 Å². The van der Waals surface area contributed by atoms with Crippen molar-refractivity contribution in [2.45, 2.75) is 58.9 Å². The summed E-state index contributed by atoms with van der Waals surface area (Å²) in [7, 11) is 0. The van der Waals surface area contributed by atoms with E-state index in [2.05, 4.69) is 20.6 Å². The zero-order valence-corrected chi connectivity index (χ0v) is 23.0. The van der Waals surface area contributed by atoms with Crippen molar-refractivity contribution in [3.05, 3.63) is 77.4 Å². The molecule has 0 unspecified atom stereocenters. The maximum atomic E-state index is 13.4. The fraction of sp³-hybridized carbons (Fsp3) is 0.387. The Labute approximate surface area is 230 Å². The van der Waals surface area contributed by atoms with Crippen LogP contribution in [-0.4, -0.2) is 40.1 Å². The molecular formula is C31H38N6O2. The van der Waals surface area contributed by atoms with Gasteiger partial charge in [-0.25, -0.2) is 9.97 Å². The number of anilines is 1. The van der Waals surface area contributed by atoms with Crippen LogP contribution < -0.4 is 16.4 Å². The summed E-state index contributed by atoms with van der Waals surface area (Å²) in [6.07, 6.45) is 5.64. The van der Waals surface area contributed by atoms with Crippen LogP contribution in [0.2, 0.25) is 0 Å². The van der Waals surface area contributed by atoms with Gasteiger partial charge in [-0.2, -0.15) is 0 Å². The van der Waals surface area contributed by atoms with Crippen LogP contribution in [0.3, 0.4) is 0 Å². The molecule has 1 aromatic heterocycles. The first kappa shape index (κ1) is 28.1. The van der Waals surface area contributed by atoms with E-state index in [1.165, 1.54) is 0 Å². The molecule has 204 valence electrons. The van der Waals surface area contributed by atoms with E-state index < -0.39 is 6.04 Å². The van der Waals surface area contributed by atoms with Crippen molar-refractivity contribution in [2.75, 3.05) is 11.9 Å². The van der Waals surface area contributed by atoms with E-state index in [0.717, 1.165) is 59.5 Å². The first-order chi connectivity index (χ1) is 18.7. The van der Waals surface area contributed by atoms with Crippen LogP contribution in [0.1, 0.15) is 55.3 Å². The number of nitrogens with zero attached hydrogens (tertiary/aromatic N) is 2. The van der Waals surface area contributed by atoms with E-state index in [-0.39, 0.29) is 17.7 Å². The predicted molar refractivity (Wildman–Crippen MR) is 155 cm³/mol. The van der Waals surface area contributed by atoms with Crippen molar-refractivity contribution in [1.82, 2.24) is 15.3 Å². The average Bonchev–Trinajstić information content (AvgIpc) is 2.93. The summed E-state index contributed by atoms with van der Waals surface area (Å²) in [6, 6.07) is 14.4.